The van der Waals surface area contributed by atoms with Gasteiger partial charge in [0, 0.05) is 29.1 Å². The van der Waals surface area contributed by atoms with Crippen LogP contribution in [-0.2, 0) is 6.42 Å². The summed E-state index contributed by atoms with van der Waals surface area (Å²) < 4.78 is 7.24. The third kappa shape index (κ3) is 5.22. The Morgan fingerprint density at radius 1 is 0.969 bits per heavy atom. The summed E-state index contributed by atoms with van der Waals surface area (Å²) in [6, 6.07) is 19.0. The molecule has 1 N–H and O–H groups in total. The number of hydrogen-bond acceptors (Lipinski definition) is 3. The van der Waals surface area contributed by atoms with Gasteiger partial charge in [0.05, 0.1) is 17.6 Å². The van der Waals surface area contributed by atoms with E-state index in [9.17, 15) is 0 Å². The smallest absolute Gasteiger partial charge is 0.138 e. The molecule has 3 aromatic carbocycles. The zero-order chi connectivity index (χ0) is 22.7. The van der Waals surface area contributed by atoms with Crippen molar-refractivity contribution in [1.29, 1.82) is 0 Å². The molecule has 5 heteroatoms. The highest BCUT2D eigenvalue weighted by Crippen LogP contribution is 2.31. The Morgan fingerprint density at radius 2 is 1.78 bits per heavy atom. The average molecular weight is 492 g/mol. The van der Waals surface area contributed by atoms with Gasteiger partial charge >= 0.3 is 0 Å². The molecule has 4 nitrogen and oxygen atoms in total. The first kappa shape index (κ1) is 22.6. The SMILES string of the molecule is Cc1ccc(-c2nc3c(Cc4ccccc4Br)cc(OCCCN(C)C)cc3[nH]2)cc1C. The normalized spacial score (nSPS) is 11.4. The Balaban J connectivity index is 1.72. The number of hydrogen-bond donors (Lipinski definition) is 1. The van der Waals surface area contributed by atoms with Crippen LogP contribution in [0.25, 0.3) is 22.4 Å². The van der Waals surface area contributed by atoms with E-state index >= 15 is 0 Å². The fourth-order valence-corrected chi connectivity index (χ4v) is 4.25. The number of nitrogens with one attached hydrogen (secondary N) is 1. The molecule has 0 unspecified atom stereocenters. The number of aromatic amines is 1. The lowest BCUT2D eigenvalue weighted by molar-refractivity contribution is 0.281. The van der Waals surface area contributed by atoms with Crippen molar-refractivity contribution >= 4 is 27.0 Å². The van der Waals surface area contributed by atoms with Gasteiger partial charge in [-0.3, -0.25) is 0 Å². The quantitative estimate of drug-likeness (QED) is 0.285. The molecule has 32 heavy (non-hydrogen) atoms. The van der Waals surface area contributed by atoms with Gasteiger partial charge in [-0.2, -0.15) is 0 Å². The molecule has 1 heterocycles. The van der Waals surface area contributed by atoms with Crippen molar-refractivity contribution in [3.05, 3.63) is 81.3 Å². The van der Waals surface area contributed by atoms with E-state index < -0.39 is 0 Å². The molecule has 0 atom stereocenters. The molecule has 0 saturated carbocycles. The number of rotatable bonds is 8. The Bertz CT molecular complexity index is 1230. The molecule has 0 radical (unpaired) electrons. The standard InChI is InChI=1S/C27H30BrN3O/c1-18-10-11-21(14-19(18)2)27-29-25-17-23(32-13-7-12-31(3)4)16-22(26(25)30-27)15-20-8-5-6-9-24(20)28/h5-6,8-11,14,16-17H,7,12-13,15H2,1-4H3,(H,29,30). The van der Waals surface area contributed by atoms with Crippen molar-refractivity contribution in [3.63, 3.8) is 0 Å². The van der Waals surface area contributed by atoms with E-state index in [4.69, 9.17) is 9.72 Å². The average Bonchev–Trinajstić information content (AvgIpc) is 3.19. The number of benzene rings is 3. The van der Waals surface area contributed by atoms with E-state index in [2.05, 4.69) is 102 Å². The number of aryl methyl sites for hydroxylation is 2. The van der Waals surface area contributed by atoms with Gasteiger partial charge in [0.15, 0.2) is 0 Å². The maximum Gasteiger partial charge on any atom is 0.138 e. The molecule has 0 bridgehead atoms. The molecule has 166 valence electrons. The van der Waals surface area contributed by atoms with Crippen LogP contribution in [0.4, 0.5) is 0 Å². The van der Waals surface area contributed by atoms with Crippen molar-refractivity contribution in [2.75, 3.05) is 27.2 Å². The van der Waals surface area contributed by atoms with Crippen molar-refractivity contribution in [2.45, 2.75) is 26.7 Å². The summed E-state index contributed by atoms with van der Waals surface area (Å²) in [6.07, 6.45) is 1.77. The first-order chi connectivity index (χ1) is 15.4. The maximum atomic E-state index is 6.14. The first-order valence-electron chi connectivity index (χ1n) is 11.0. The van der Waals surface area contributed by atoms with Crippen LogP contribution in [0.5, 0.6) is 5.75 Å². The van der Waals surface area contributed by atoms with Gasteiger partial charge in [0.2, 0.25) is 0 Å². The minimum absolute atomic E-state index is 0.691. The lowest BCUT2D eigenvalue weighted by Gasteiger charge is -2.12. The van der Waals surface area contributed by atoms with Crippen LogP contribution in [0.15, 0.2) is 59.1 Å². The van der Waals surface area contributed by atoms with Crippen LogP contribution in [-0.4, -0.2) is 42.1 Å². The molecule has 4 rings (SSSR count). The molecular weight excluding hydrogens is 462 g/mol. The third-order valence-electron chi connectivity index (χ3n) is 5.78. The summed E-state index contributed by atoms with van der Waals surface area (Å²) in [4.78, 5) is 10.7. The van der Waals surface area contributed by atoms with Crippen molar-refractivity contribution in [3.8, 4) is 17.1 Å². The number of fused-ring (bicyclic) bond motifs is 1. The third-order valence-corrected chi connectivity index (χ3v) is 6.55. The lowest BCUT2D eigenvalue weighted by Crippen LogP contribution is -2.15. The Morgan fingerprint density at radius 3 is 2.53 bits per heavy atom. The fourth-order valence-electron chi connectivity index (χ4n) is 3.82. The van der Waals surface area contributed by atoms with Gasteiger partial charge in [0.1, 0.15) is 11.6 Å². The molecule has 1 aromatic heterocycles. The monoisotopic (exact) mass is 491 g/mol. The van der Waals surface area contributed by atoms with E-state index in [1.54, 1.807) is 0 Å². The van der Waals surface area contributed by atoms with E-state index in [0.717, 1.165) is 57.6 Å². The van der Waals surface area contributed by atoms with Crippen LogP contribution in [0.2, 0.25) is 0 Å². The molecule has 0 aliphatic heterocycles. The second-order valence-electron chi connectivity index (χ2n) is 8.64. The summed E-state index contributed by atoms with van der Waals surface area (Å²) in [5.74, 6) is 1.77. The summed E-state index contributed by atoms with van der Waals surface area (Å²) in [7, 11) is 4.17. The second-order valence-corrected chi connectivity index (χ2v) is 9.49. The molecule has 0 fully saturated rings. The number of H-pyrrole nitrogens is 1. The number of nitrogens with zero attached hydrogens (tertiary/aromatic N) is 2. The van der Waals surface area contributed by atoms with Gasteiger partial charge in [-0.25, -0.2) is 4.98 Å². The molecule has 0 aliphatic carbocycles. The molecule has 0 amide bonds. The predicted octanol–water partition coefficient (Wildman–Crippen LogP) is 6.53. The zero-order valence-corrected chi connectivity index (χ0v) is 20.8. The number of imidazole rings is 1. The maximum absolute atomic E-state index is 6.14. The van der Waals surface area contributed by atoms with Gasteiger partial charge in [-0.1, -0.05) is 46.3 Å². The Hall–Kier alpha value is -2.63. The van der Waals surface area contributed by atoms with Crippen LogP contribution < -0.4 is 4.74 Å². The molecule has 0 saturated heterocycles. The van der Waals surface area contributed by atoms with E-state index in [0.29, 0.717) is 6.61 Å². The van der Waals surface area contributed by atoms with Crippen molar-refractivity contribution < 1.29 is 4.74 Å². The zero-order valence-electron chi connectivity index (χ0n) is 19.2. The van der Waals surface area contributed by atoms with Crippen LogP contribution in [0.1, 0.15) is 28.7 Å². The highest BCUT2D eigenvalue weighted by molar-refractivity contribution is 9.10. The molecule has 4 aromatic rings. The summed E-state index contributed by atoms with van der Waals surface area (Å²) in [5, 5.41) is 0. The van der Waals surface area contributed by atoms with Gasteiger partial charge < -0.3 is 14.6 Å². The lowest BCUT2D eigenvalue weighted by atomic mass is 10.0. The van der Waals surface area contributed by atoms with E-state index in [-0.39, 0.29) is 0 Å². The number of ether oxygens (including phenoxy) is 1. The van der Waals surface area contributed by atoms with Crippen molar-refractivity contribution in [2.24, 2.45) is 0 Å². The topological polar surface area (TPSA) is 41.1 Å². The van der Waals surface area contributed by atoms with Crippen LogP contribution in [0.3, 0.4) is 0 Å². The van der Waals surface area contributed by atoms with Gasteiger partial charge in [-0.15, -0.1) is 0 Å². The van der Waals surface area contributed by atoms with Crippen LogP contribution in [0, 0.1) is 13.8 Å². The minimum atomic E-state index is 0.691. The molecular formula is C27H30BrN3O. The van der Waals surface area contributed by atoms with E-state index in [1.165, 1.54) is 16.7 Å². The van der Waals surface area contributed by atoms with Gasteiger partial charge in [-0.05, 0) is 74.8 Å². The highest BCUT2D eigenvalue weighted by atomic mass is 79.9. The first-order valence-corrected chi connectivity index (χ1v) is 11.8. The second kappa shape index (κ2) is 9.88. The Labute approximate surface area is 198 Å². The summed E-state index contributed by atoms with van der Waals surface area (Å²) in [5.41, 5.74) is 8.04. The largest absolute Gasteiger partial charge is 0.493 e. The molecule has 0 spiro atoms. The number of aromatic nitrogens is 2. The predicted molar refractivity (Wildman–Crippen MR) is 137 cm³/mol. The number of halogens is 1. The van der Waals surface area contributed by atoms with Crippen molar-refractivity contribution in [1.82, 2.24) is 14.9 Å². The van der Waals surface area contributed by atoms with E-state index in [1.807, 2.05) is 6.07 Å². The summed E-state index contributed by atoms with van der Waals surface area (Å²) in [6.45, 7) is 5.97. The fraction of sp³-hybridized carbons (Fsp3) is 0.296. The molecule has 0 aliphatic rings. The highest BCUT2D eigenvalue weighted by Gasteiger charge is 2.14. The van der Waals surface area contributed by atoms with Crippen LogP contribution >= 0.6 is 15.9 Å². The Kier molecular flexibility index (Phi) is 6.97. The minimum Gasteiger partial charge on any atom is -0.493 e. The van der Waals surface area contributed by atoms with Gasteiger partial charge in [0.25, 0.3) is 0 Å². The summed E-state index contributed by atoms with van der Waals surface area (Å²) >= 11 is 3.69.